The maximum absolute atomic E-state index is 12.9. The predicted molar refractivity (Wildman–Crippen MR) is 84.5 cm³/mol. The summed E-state index contributed by atoms with van der Waals surface area (Å²) >= 11 is 0. The number of nitrogen functional groups attached to an aromatic ring is 1. The quantitative estimate of drug-likeness (QED) is 0.874. The molecule has 1 aromatic heterocycles. The molecular formula is C15H20N4O2S. The van der Waals surface area contributed by atoms with Crippen LogP contribution in [0.4, 0.5) is 5.69 Å². The second kappa shape index (κ2) is 4.82. The summed E-state index contributed by atoms with van der Waals surface area (Å²) in [6.45, 7) is 4.57. The third kappa shape index (κ3) is 2.21. The smallest absolute Gasteiger partial charge is 0.243 e. The first kappa shape index (κ1) is 15.1. The van der Waals surface area contributed by atoms with Gasteiger partial charge in [-0.1, -0.05) is 19.9 Å². The van der Waals surface area contributed by atoms with Crippen LogP contribution in [0.25, 0.3) is 0 Å². The van der Waals surface area contributed by atoms with E-state index in [2.05, 4.69) is 18.8 Å². The minimum Gasteiger partial charge on any atom is -0.399 e. The number of hydrogen-bond acceptors (Lipinski definition) is 4. The number of nitrogens with zero attached hydrogens (tertiary/aromatic N) is 3. The van der Waals surface area contributed by atoms with E-state index in [0.29, 0.717) is 12.2 Å². The van der Waals surface area contributed by atoms with Crippen molar-refractivity contribution in [2.75, 3.05) is 12.3 Å². The van der Waals surface area contributed by atoms with E-state index in [-0.39, 0.29) is 16.4 Å². The van der Waals surface area contributed by atoms with Crippen molar-refractivity contribution in [3.8, 4) is 0 Å². The Hall–Kier alpha value is -1.86. The number of benzene rings is 1. The molecular weight excluding hydrogens is 300 g/mol. The lowest BCUT2D eigenvalue weighted by Crippen LogP contribution is -2.58. The molecule has 0 radical (unpaired) electrons. The first-order valence-corrected chi connectivity index (χ1v) is 8.52. The second-order valence-electron chi connectivity index (χ2n) is 6.41. The highest BCUT2D eigenvalue weighted by atomic mass is 32.2. The van der Waals surface area contributed by atoms with Gasteiger partial charge in [0.1, 0.15) is 5.82 Å². The molecule has 7 heteroatoms. The SMILES string of the molecule is Cn1ccnc1C1N(S(=O)(=O)c2cccc(N)c2)CC1(C)C. The van der Waals surface area contributed by atoms with Gasteiger partial charge >= 0.3 is 0 Å². The fourth-order valence-corrected chi connectivity index (χ4v) is 4.98. The lowest BCUT2D eigenvalue weighted by atomic mass is 9.76. The van der Waals surface area contributed by atoms with Crippen molar-refractivity contribution in [2.24, 2.45) is 12.5 Å². The molecule has 0 bridgehead atoms. The summed E-state index contributed by atoms with van der Waals surface area (Å²) < 4.78 is 29.2. The van der Waals surface area contributed by atoms with E-state index in [1.807, 2.05) is 17.8 Å². The minimum absolute atomic E-state index is 0.160. The maximum atomic E-state index is 12.9. The molecule has 1 aromatic carbocycles. The summed E-state index contributed by atoms with van der Waals surface area (Å²) in [7, 11) is -1.71. The van der Waals surface area contributed by atoms with E-state index < -0.39 is 10.0 Å². The summed E-state index contributed by atoms with van der Waals surface area (Å²) in [6.07, 6.45) is 3.52. The van der Waals surface area contributed by atoms with Crippen LogP contribution in [0.5, 0.6) is 0 Å². The zero-order valence-corrected chi connectivity index (χ0v) is 13.7. The molecule has 6 nitrogen and oxygen atoms in total. The van der Waals surface area contributed by atoms with Crippen LogP contribution in [0.15, 0.2) is 41.6 Å². The summed E-state index contributed by atoms with van der Waals surface area (Å²) in [5.41, 5.74) is 6.00. The molecule has 1 aliphatic heterocycles. The highest BCUT2D eigenvalue weighted by molar-refractivity contribution is 7.89. The Morgan fingerprint density at radius 3 is 2.64 bits per heavy atom. The molecule has 0 amide bonds. The van der Waals surface area contributed by atoms with Crippen molar-refractivity contribution in [1.82, 2.24) is 13.9 Å². The number of rotatable bonds is 3. The van der Waals surface area contributed by atoms with Gasteiger partial charge in [0.05, 0.1) is 10.9 Å². The van der Waals surface area contributed by atoms with Crippen molar-refractivity contribution >= 4 is 15.7 Å². The van der Waals surface area contributed by atoms with Gasteiger partial charge in [-0.15, -0.1) is 0 Å². The Morgan fingerprint density at radius 2 is 2.09 bits per heavy atom. The lowest BCUT2D eigenvalue weighted by molar-refractivity contribution is 0.0120. The van der Waals surface area contributed by atoms with Crippen LogP contribution in [-0.2, 0) is 17.1 Å². The Labute approximate surface area is 130 Å². The Kier molecular flexibility index (Phi) is 3.30. The number of imidazole rings is 1. The molecule has 0 spiro atoms. The molecule has 1 saturated heterocycles. The highest BCUT2D eigenvalue weighted by Gasteiger charge is 2.54. The van der Waals surface area contributed by atoms with Gasteiger partial charge in [0.25, 0.3) is 0 Å². The minimum atomic E-state index is -3.59. The third-order valence-corrected chi connectivity index (χ3v) is 5.97. The first-order valence-electron chi connectivity index (χ1n) is 7.08. The molecule has 1 unspecified atom stereocenters. The Balaban J connectivity index is 2.03. The van der Waals surface area contributed by atoms with Crippen LogP contribution in [0, 0.1) is 5.41 Å². The van der Waals surface area contributed by atoms with Crippen molar-refractivity contribution in [3.63, 3.8) is 0 Å². The number of aromatic nitrogens is 2. The number of nitrogens with two attached hydrogens (primary N) is 1. The molecule has 1 atom stereocenters. The van der Waals surface area contributed by atoms with Gasteiger partial charge in [-0.3, -0.25) is 0 Å². The van der Waals surface area contributed by atoms with Crippen LogP contribution >= 0.6 is 0 Å². The maximum Gasteiger partial charge on any atom is 0.243 e. The molecule has 0 saturated carbocycles. The van der Waals surface area contributed by atoms with Crippen molar-refractivity contribution in [3.05, 3.63) is 42.5 Å². The number of sulfonamides is 1. The Morgan fingerprint density at radius 1 is 1.36 bits per heavy atom. The van der Waals surface area contributed by atoms with Crippen molar-refractivity contribution in [2.45, 2.75) is 24.8 Å². The van der Waals surface area contributed by atoms with Crippen LogP contribution in [0.1, 0.15) is 25.7 Å². The molecule has 22 heavy (non-hydrogen) atoms. The van der Waals surface area contributed by atoms with Gasteiger partial charge in [-0.25, -0.2) is 13.4 Å². The van der Waals surface area contributed by atoms with E-state index in [0.717, 1.165) is 5.82 Å². The number of hydrogen-bond donors (Lipinski definition) is 1. The molecule has 2 aromatic rings. The van der Waals surface area contributed by atoms with Gasteiger partial charge in [0.2, 0.25) is 10.0 Å². The summed E-state index contributed by atoms with van der Waals surface area (Å²) in [5, 5.41) is 0. The molecule has 1 fully saturated rings. The fraction of sp³-hybridized carbons (Fsp3) is 0.400. The number of aryl methyl sites for hydroxylation is 1. The monoisotopic (exact) mass is 320 g/mol. The normalized spacial score (nSPS) is 21.5. The van der Waals surface area contributed by atoms with Gasteiger partial charge < -0.3 is 10.3 Å². The molecule has 0 aliphatic carbocycles. The average Bonchev–Trinajstić information content (AvgIpc) is 2.82. The number of anilines is 1. The molecule has 2 heterocycles. The standard InChI is InChI=1S/C15H20N4O2S/c1-15(2)10-19(13(15)14-17-7-8-18(14)3)22(20,21)12-6-4-5-11(16)9-12/h4-9,13H,10,16H2,1-3H3. The van der Waals surface area contributed by atoms with Gasteiger partial charge in [0, 0.05) is 37.1 Å². The van der Waals surface area contributed by atoms with Crippen LogP contribution in [0.3, 0.4) is 0 Å². The third-order valence-electron chi connectivity index (χ3n) is 4.16. The summed E-state index contributed by atoms with van der Waals surface area (Å²) in [6, 6.07) is 6.12. The molecule has 2 N–H and O–H groups in total. The van der Waals surface area contributed by atoms with E-state index in [4.69, 9.17) is 5.73 Å². The van der Waals surface area contributed by atoms with Gasteiger partial charge in [-0.2, -0.15) is 4.31 Å². The lowest BCUT2D eigenvalue weighted by Gasteiger charge is -2.52. The van der Waals surface area contributed by atoms with E-state index in [1.54, 1.807) is 24.4 Å². The van der Waals surface area contributed by atoms with Crippen LogP contribution < -0.4 is 5.73 Å². The fourth-order valence-electron chi connectivity index (χ4n) is 3.01. The zero-order valence-electron chi connectivity index (χ0n) is 12.9. The van der Waals surface area contributed by atoms with E-state index in [9.17, 15) is 8.42 Å². The molecule has 118 valence electrons. The van der Waals surface area contributed by atoms with Crippen molar-refractivity contribution < 1.29 is 8.42 Å². The Bertz CT molecular complexity index is 810. The van der Waals surface area contributed by atoms with Crippen molar-refractivity contribution in [1.29, 1.82) is 0 Å². The van der Waals surface area contributed by atoms with Gasteiger partial charge in [0.15, 0.2) is 0 Å². The first-order chi connectivity index (χ1) is 10.2. The second-order valence-corrected chi connectivity index (χ2v) is 8.30. The predicted octanol–water partition coefficient (Wildman–Crippen LogP) is 1.77. The van der Waals surface area contributed by atoms with Crippen LogP contribution in [-0.4, -0.2) is 28.8 Å². The van der Waals surface area contributed by atoms with Gasteiger partial charge in [-0.05, 0) is 18.2 Å². The highest BCUT2D eigenvalue weighted by Crippen LogP contribution is 2.50. The summed E-state index contributed by atoms with van der Waals surface area (Å²) in [5.74, 6) is 0.753. The molecule has 3 rings (SSSR count). The molecule has 1 aliphatic rings. The van der Waals surface area contributed by atoms with E-state index in [1.165, 1.54) is 10.4 Å². The topological polar surface area (TPSA) is 81.2 Å². The average molecular weight is 320 g/mol. The van der Waals surface area contributed by atoms with Crippen LogP contribution in [0.2, 0.25) is 0 Å². The zero-order chi connectivity index (χ0) is 16.1. The van der Waals surface area contributed by atoms with E-state index >= 15 is 0 Å². The largest absolute Gasteiger partial charge is 0.399 e. The summed E-state index contributed by atoms with van der Waals surface area (Å²) in [4.78, 5) is 4.56.